The Labute approximate surface area is 121 Å². The zero-order valence-electron chi connectivity index (χ0n) is 12.5. The Morgan fingerprint density at radius 2 is 1.80 bits per heavy atom. The van der Waals surface area contributed by atoms with Gasteiger partial charge in [0.05, 0.1) is 5.92 Å². The van der Waals surface area contributed by atoms with Crippen LogP contribution in [0.2, 0.25) is 0 Å². The molecule has 0 saturated heterocycles. The highest BCUT2D eigenvalue weighted by atomic mass is 16.1. The van der Waals surface area contributed by atoms with Crippen molar-refractivity contribution in [3.05, 3.63) is 48.0 Å². The lowest BCUT2D eigenvalue weighted by Crippen LogP contribution is -2.21. The SMILES string of the molecule is CCCCC/C=C\CC(C(C)=O)C(=O)c1ccccc1. The van der Waals surface area contributed by atoms with Crippen molar-refractivity contribution in [2.75, 3.05) is 0 Å². The fourth-order valence-corrected chi connectivity index (χ4v) is 2.12. The molecular formula is C18H24O2. The van der Waals surface area contributed by atoms with E-state index in [1.54, 1.807) is 12.1 Å². The third-order valence-corrected chi connectivity index (χ3v) is 3.38. The lowest BCUT2D eigenvalue weighted by atomic mass is 9.91. The molecule has 0 heterocycles. The van der Waals surface area contributed by atoms with E-state index in [4.69, 9.17) is 0 Å². The predicted molar refractivity (Wildman–Crippen MR) is 82.8 cm³/mol. The van der Waals surface area contributed by atoms with Gasteiger partial charge in [0.1, 0.15) is 5.78 Å². The van der Waals surface area contributed by atoms with Crippen LogP contribution in [0, 0.1) is 5.92 Å². The van der Waals surface area contributed by atoms with Crippen LogP contribution in [0.25, 0.3) is 0 Å². The van der Waals surface area contributed by atoms with Gasteiger partial charge in [-0.2, -0.15) is 0 Å². The first-order chi connectivity index (χ1) is 9.66. The van der Waals surface area contributed by atoms with Crippen LogP contribution in [0.15, 0.2) is 42.5 Å². The molecule has 0 aliphatic rings. The highest BCUT2D eigenvalue weighted by Gasteiger charge is 2.22. The Balaban J connectivity index is 2.57. The van der Waals surface area contributed by atoms with E-state index in [1.807, 2.05) is 24.3 Å². The maximum absolute atomic E-state index is 12.3. The summed E-state index contributed by atoms with van der Waals surface area (Å²) in [5.74, 6) is -0.673. The molecule has 2 heteroatoms. The van der Waals surface area contributed by atoms with Crippen molar-refractivity contribution in [1.82, 2.24) is 0 Å². The van der Waals surface area contributed by atoms with Crippen LogP contribution >= 0.6 is 0 Å². The molecule has 1 rings (SSSR count). The summed E-state index contributed by atoms with van der Waals surface area (Å²) in [6, 6.07) is 9.05. The number of unbranched alkanes of at least 4 members (excludes halogenated alkanes) is 3. The summed E-state index contributed by atoms with van der Waals surface area (Å²) in [6.45, 7) is 3.67. The van der Waals surface area contributed by atoms with Gasteiger partial charge in [-0.25, -0.2) is 0 Å². The van der Waals surface area contributed by atoms with E-state index in [9.17, 15) is 9.59 Å². The molecule has 1 atom stereocenters. The zero-order valence-corrected chi connectivity index (χ0v) is 12.5. The predicted octanol–water partition coefficient (Wildman–Crippen LogP) is 4.60. The molecule has 1 unspecified atom stereocenters. The third-order valence-electron chi connectivity index (χ3n) is 3.38. The summed E-state index contributed by atoms with van der Waals surface area (Å²) < 4.78 is 0. The molecule has 0 spiro atoms. The van der Waals surface area contributed by atoms with Crippen LogP contribution < -0.4 is 0 Å². The molecule has 2 nitrogen and oxygen atoms in total. The van der Waals surface area contributed by atoms with Gasteiger partial charge in [-0.15, -0.1) is 0 Å². The van der Waals surface area contributed by atoms with E-state index in [0.29, 0.717) is 12.0 Å². The monoisotopic (exact) mass is 272 g/mol. The average molecular weight is 272 g/mol. The van der Waals surface area contributed by atoms with Crippen molar-refractivity contribution in [1.29, 1.82) is 0 Å². The lowest BCUT2D eigenvalue weighted by Gasteiger charge is -2.10. The van der Waals surface area contributed by atoms with Gasteiger partial charge >= 0.3 is 0 Å². The van der Waals surface area contributed by atoms with E-state index in [2.05, 4.69) is 13.0 Å². The molecule has 20 heavy (non-hydrogen) atoms. The van der Waals surface area contributed by atoms with E-state index in [0.717, 1.165) is 6.42 Å². The number of hydrogen-bond acceptors (Lipinski definition) is 2. The van der Waals surface area contributed by atoms with Crippen molar-refractivity contribution in [3.63, 3.8) is 0 Å². The van der Waals surface area contributed by atoms with E-state index in [-0.39, 0.29) is 11.6 Å². The minimum Gasteiger partial charge on any atom is -0.299 e. The van der Waals surface area contributed by atoms with Gasteiger partial charge in [0.25, 0.3) is 0 Å². The number of carbonyl (C=O) groups is 2. The Hall–Kier alpha value is -1.70. The topological polar surface area (TPSA) is 34.1 Å². The standard InChI is InChI=1S/C18H24O2/c1-3-4-5-6-7-11-14-17(15(2)19)18(20)16-12-9-8-10-13-16/h7-13,17H,3-6,14H2,1-2H3/b11-7-. The molecule has 0 N–H and O–H groups in total. The summed E-state index contributed by atoms with van der Waals surface area (Å²) in [5, 5.41) is 0. The Bertz CT molecular complexity index is 446. The van der Waals surface area contributed by atoms with Crippen LogP contribution in [0.3, 0.4) is 0 Å². The highest BCUT2D eigenvalue weighted by molar-refractivity contribution is 6.10. The molecule has 0 fully saturated rings. The van der Waals surface area contributed by atoms with Crippen LogP contribution in [-0.4, -0.2) is 11.6 Å². The second-order valence-corrected chi connectivity index (χ2v) is 5.10. The van der Waals surface area contributed by atoms with Gasteiger partial charge < -0.3 is 0 Å². The number of rotatable bonds is 9. The number of benzene rings is 1. The van der Waals surface area contributed by atoms with Crippen molar-refractivity contribution in [3.8, 4) is 0 Å². The number of ketones is 2. The fourth-order valence-electron chi connectivity index (χ4n) is 2.12. The maximum Gasteiger partial charge on any atom is 0.173 e. The van der Waals surface area contributed by atoms with E-state index >= 15 is 0 Å². The summed E-state index contributed by atoms with van der Waals surface area (Å²) in [4.78, 5) is 24.0. The largest absolute Gasteiger partial charge is 0.299 e. The number of hydrogen-bond donors (Lipinski definition) is 0. The minimum absolute atomic E-state index is 0.0583. The van der Waals surface area contributed by atoms with Gasteiger partial charge in [0.15, 0.2) is 5.78 Å². The number of carbonyl (C=O) groups excluding carboxylic acids is 2. The molecule has 0 amide bonds. The second kappa shape index (κ2) is 9.24. The minimum atomic E-state index is -0.542. The van der Waals surface area contributed by atoms with Gasteiger partial charge in [-0.3, -0.25) is 9.59 Å². The first-order valence-corrected chi connectivity index (χ1v) is 7.41. The van der Waals surface area contributed by atoms with Gasteiger partial charge in [-0.05, 0) is 26.2 Å². The van der Waals surface area contributed by atoms with Crippen LogP contribution in [-0.2, 0) is 4.79 Å². The summed E-state index contributed by atoms with van der Waals surface area (Å²) in [7, 11) is 0. The van der Waals surface area contributed by atoms with Crippen molar-refractivity contribution >= 4 is 11.6 Å². The molecule has 0 aliphatic carbocycles. The summed E-state index contributed by atoms with van der Waals surface area (Å²) >= 11 is 0. The van der Waals surface area contributed by atoms with Crippen LogP contribution in [0.1, 0.15) is 56.3 Å². The molecule has 1 aromatic rings. The van der Waals surface area contributed by atoms with Crippen molar-refractivity contribution in [2.24, 2.45) is 5.92 Å². The molecule has 0 aliphatic heterocycles. The second-order valence-electron chi connectivity index (χ2n) is 5.10. The molecule has 1 aromatic carbocycles. The Morgan fingerprint density at radius 1 is 1.10 bits per heavy atom. The van der Waals surface area contributed by atoms with Gasteiger partial charge in [-0.1, -0.05) is 62.2 Å². The summed E-state index contributed by atoms with van der Waals surface area (Å²) in [5.41, 5.74) is 0.618. The molecular weight excluding hydrogens is 248 g/mol. The van der Waals surface area contributed by atoms with E-state index in [1.165, 1.54) is 26.2 Å². The third kappa shape index (κ3) is 5.52. The highest BCUT2D eigenvalue weighted by Crippen LogP contribution is 2.15. The Kier molecular flexibility index (Phi) is 7.56. The van der Waals surface area contributed by atoms with Crippen LogP contribution in [0.5, 0.6) is 0 Å². The van der Waals surface area contributed by atoms with Gasteiger partial charge in [0.2, 0.25) is 0 Å². The molecule has 0 radical (unpaired) electrons. The maximum atomic E-state index is 12.3. The Morgan fingerprint density at radius 3 is 2.40 bits per heavy atom. The van der Waals surface area contributed by atoms with Crippen LogP contribution in [0.4, 0.5) is 0 Å². The van der Waals surface area contributed by atoms with Crippen molar-refractivity contribution < 1.29 is 9.59 Å². The average Bonchev–Trinajstić information content (AvgIpc) is 2.46. The first-order valence-electron chi connectivity index (χ1n) is 7.41. The normalized spacial score (nSPS) is 12.5. The molecule has 0 saturated carbocycles. The number of allylic oxidation sites excluding steroid dienone is 2. The van der Waals surface area contributed by atoms with Crippen molar-refractivity contribution in [2.45, 2.75) is 46.0 Å². The van der Waals surface area contributed by atoms with E-state index < -0.39 is 5.92 Å². The number of Topliss-reactive ketones (excluding diaryl/α,β-unsaturated/α-hetero) is 2. The smallest absolute Gasteiger partial charge is 0.173 e. The first kappa shape index (κ1) is 16.4. The molecule has 0 aromatic heterocycles. The molecule has 108 valence electrons. The quantitative estimate of drug-likeness (QED) is 0.285. The van der Waals surface area contributed by atoms with Gasteiger partial charge in [0, 0.05) is 5.56 Å². The molecule has 0 bridgehead atoms. The zero-order chi connectivity index (χ0) is 14.8. The lowest BCUT2D eigenvalue weighted by molar-refractivity contribution is -0.119. The summed E-state index contributed by atoms with van der Waals surface area (Å²) in [6.07, 6.45) is 9.20. The fraction of sp³-hybridized carbons (Fsp3) is 0.444.